The van der Waals surface area contributed by atoms with Crippen LogP contribution in [0.15, 0.2) is 24.3 Å². The monoisotopic (exact) mass is 261 g/mol. The highest BCUT2D eigenvalue weighted by Crippen LogP contribution is 2.32. The Bertz CT molecular complexity index is 543. The SMILES string of the molecule is CC(NC(=O)Nc1nc2ccccc2s1)C1CC1. The molecule has 0 aliphatic heterocycles. The molecule has 5 heteroatoms. The van der Waals surface area contributed by atoms with Crippen molar-refractivity contribution < 1.29 is 4.79 Å². The van der Waals surface area contributed by atoms with Crippen LogP contribution in [-0.4, -0.2) is 17.1 Å². The van der Waals surface area contributed by atoms with E-state index < -0.39 is 0 Å². The zero-order chi connectivity index (χ0) is 12.5. The molecule has 1 fully saturated rings. The number of hydrogen-bond donors (Lipinski definition) is 2. The van der Waals surface area contributed by atoms with Gasteiger partial charge in [0.2, 0.25) is 0 Å². The number of thiazole rings is 1. The Morgan fingerprint density at radius 1 is 1.44 bits per heavy atom. The van der Waals surface area contributed by atoms with Crippen molar-refractivity contribution in [1.29, 1.82) is 0 Å². The van der Waals surface area contributed by atoms with E-state index in [4.69, 9.17) is 0 Å². The fourth-order valence-corrected chi connectivity index (χ4v) is 2.84. The number of anilines is 1. The van der Waals surface area contributed by atoms with Crippen molar-refractivity contribution in [2.75, 3.05) is 5.32 Å². The number of urea groups is 1. The lowest BCUT2D eigenvalue weighted by Crippen LogP contribution is -2.37. The van der Waals surface area contributed by atoms with Crippen LogP contribution in [-0.2, 0) is 0 Å². The van der Waals surface area contributed by atoms with Crippen molar-refractivity contribution in [1.82, 2.24) is 10.3 Å². The molecular formula is C13H15N3OS. The summed E-state index contributed by atoms with van der Waals surface area (Å²) < 4.78 is 1.09. The Hall–Kier alpha value is -1.62. The van der Waals surface area contributed by atoms with E-state index in [1.165, 1.54) is 24.2 Å². The number of rotatable bonds is 3. The molecule has 1 atom stereocenters. The lowest BCUT2D eigenvalue weighted by Gasteiger charge is -2.12. The topological polar surface area (TPSA) is 54.0 Å². The van der Waals surface area contributed by atoms with Gasteiger partial charge in [0, 0.05) is 6.04 Å². The highest BCUT2D eigenvalue weighted by atomic mass is 32.1. The average molecular weight is 261 g/mol. The van der Waals surface area contributed by atoms with Crippen molar-refractivity contribution in [3.8, 4) is 0 Å². The first-order chi connectivity index (χ1) is 8.72. The summed E-state index contributed by atoms with van der Waals surface area (Å²) in [6.07, 6.45) is 2.45. The van der Waals surface area contributed by atoms with Gasteiger partial charge >= 0.3 is 6.03 Å². The van der Waals surface area contributed by atoms with Gasteiger partial charge in [0.15, 0.2) is 5.13 Å². The third-order valence-corrected chi connectivity index (χ3v) is 4.15. The van der Waals surface area contributed by atoms with Gasteiger partial charge in [-0.15, -0.1) is 0 Å². The second kappa shape index (κ2) is 4.57. The van der Waals surface area contributed by atoms with Crippen molar-refractivity contribution in [2.45, 2.75) is 25.8 Å². The predicted octanol–water partition coefficient (Wildman–Crippen LogP) is 3.22. The fourth-order valence-electron chi connectivity index (χ4n) is 1.98. The average Bonchev–Trinajstić information content (AvgIpc) is 3.10. The molecule has 2 aromatic rings. The quantitative estimate of drug-likeness (QED) is 0.891. The van der Waals surface area contributed by atoms with E-state index in [1.54, 1.807) is 0 Å². The molecule has 0 radical (unpaired) electrons. The van der Waals surface area contributed by atoms with E-state index in [0.717, 1.165) is 10.2 Å². The summed E-state index contributed by atoms with van der Waals surface area (Å²) in [7, 11) is 0. The van der Waals surface area contributed by atoms with Crippen LogP contribution in [0.1, 0.15) is 19.8 Å². The van der Waals surface area contributed by atoms with Gasteiger partial charge in [0.1, 0.15) is 0 Å². The molecule has 1 aromatic carbocycles. The molecule has 2 N–H and O–H groups in total. The van der Waals surface area contributed by atoms with Gasteiger partial charge < -0.3 is 5.32 Å². The number of aromatic nitrogens is 1. The summed E-state index contributed by atoms with van der Waals surface area (Å²) in [6.45, 7) is 2.05. The van der Waals surface area contributed by atoms with Crippen LogP contribution in [0.3, 0.4) is 0 Å². The number of carbonyl (C=O) groups excluding carboxylic acids is 1. The van der Waals surface area contributed by atoms with Crippen molar-refractivity contribution in [3.05, 3.63) is 24.3 Å². The van der Waals surface area contributed by atoms with Crippen LogP contribution in [0.2, 0.25) is 0 Å². The minimum Gasteiger partial charge on any atom is -0.335 e. The maximum atomic E-state index is 11.8. The molecular weight excluding hydrogens is 246 g/mol. The normalized spacial score (nSPS) is 16.5. The van der Waals surface area contributed by atoms with Gasteiger partial charge in [-0.1, -0.05) is 23.5 Å². The first-order valence-electron chi connectivity index (χ1n) is 6.15. The van der Waals surface area contributed by atoms with Gasteiger partial charge in [0.05, 0.1) is 10.2 Å². The number of carbonyl (C=O) groups is 1. The lowest BCUT2D eigenvalue weighted by molar-refractivity contribution is 0.248. The zero-order valence-corrected chi connectivity index (χ0v) is 11.0. The van der Waals surface area contributed by atoms with E-state index >= 15 is 0 Å². The Morgan fingerprint density at radius 2 is 2.22 bits per heavy atom. The van der Waals surface area contributed by atoms with Crippen LogP contribution in [0.5, 0.6) is 0 Å². The molecule has 0 spiro atoms. The number of amides is 2. The van der Waals surface area contributed by atoms with Gasteiger partial charge in [0.25, 0.3) is 0 Å². The highest BCUT2D eigenvalue weighted by Gasteiger charge is 2.28. The summed E-state index contributed by atoms with van der Waals surface area (Å²) in [5.41, 5.74) is 0.924. The van der Waals surface area contributed by atoms with E-state index in [1.807, 2.05) is 24.3 Å². The molecule has 1 aliphatic carbocycles. The first kappa shape index (κ1) is 11.5. The highest BCUT2D eigenvalue weighted by molar-refractivity contribution is 7.22. The second-order valence-corrected chi connectivity index (χ2v) is 5.74. The minimum absolute atomic E-state index is 0.159. The molecule has 1 aromatic heterocycles. The Kier molecular flexibility index (Phi) is 2.91. The number of fused-ring (bicyclic) bond motifs is 1. The lowest BCUT2D eigenvalue weighted by atomic mass is 10.2. The standard InChI is InChI=1S/C13H15N3OS/c1-8(9-6-7-9)14-12(17)16-13-15-10-4-2-3-5-11(10)18-13/h2-5,8-9H,6-7H2,1H3,(H2,14,15,16,17). The number of hydrogen-bond acceptors (Lipinski definition) is 3. The van der Waals surface area contributed by atoms with Gasteiger partial charge in [-0.05, 0) is 37.8 Å². The predicted molar refractivity (Wildman–Crippen MR) is 74.0 cm³/mol. The van der Waals surface area contributed by atoms with Gasteiger partial charge in [-0.25, -0.2) is 9.78 Å². The molecule has 1 unspecified atom stereocenters. The van der Waals surface area contributed by atoms with Gasteiger partial charge in [-0.3, -0.25) is 5.32 Å². The second-order valence-electron chi connectivity index (χ2n) is 4.71. The summed E-state index contributed by atoms with van der Waals surface area (Å²) in [4.78, 5) is 16.1. The molecule has 1 aliphatic rings. The number of para-hydroxylation sites is 1. The minimum atomic E-state index is -0.159. The molecule has 3 rings (SSSR count). The maximum Gasteiger partial charge on any atom is 0.321 e. The number of benzene rings is 1. The third kappa shape index (κ3) is 2.46. The summed E-state index contributed by atoms with van der Waals surface area (Å²) in [5.74, 6) is 0.658. The van der Waals surface area contributed by atoms with Crippen LogP contribution in [0.4, 0.5) is 9.93 Å². The van der Waals surface area contributed by atoms with Crippen molar-refractivity contribution >= 4 is 32.7 Å². The van der Waals surface area contributed by atoms with E-state index in [-0.39, 0.29) is 12.1 Å². The summed E-state index contributed by atoms with van der Waals surface area (Å²) in [6, 6.07) is 7.96. The summed E-state index contributed by atoms with van der Waals surface area (Å²) in [5, 5.41) is 6.40. The van der Waals surface area contributed by atoms with Crippen LogP contribution in [0, 0.1) is 5.92 Å². The van der Waals surface area contributed by atoms with Crippen LogP contribution in [0.25, 0.3) is 10.2 Å². The molecule has 0 saturated heterocycles. The van der Waals surface area contributed by atoms with Crippen molar-refractivity contribution in [3.63, 3.8) is 0 Å². The Labute approximate surface area is 109 Å². The largest absolute Gasteiger partial charge is 0.335 e. The number of nitrogens with one attached hydrogen (secondary N) is 2. The molecule has 0 bridgehead atoms. The number of nitrogens with zero attached hydrogens (tertiary/aromatic N) is 1. The van der Waals surface area contributed by atoms with Crippen molar-refractivity contribution in [2.24, 2.45) is 5.92 Å². The van der Waals surface area contributed by atoms with Gasteiger partial charge in [-0.2, -0.15) is 0 Å². The third-order valence-electron chi connectivity index (χ3n) is 3.20. The summed E-state index contributed by atoms with van der Waals surface area (Å²) >= 11 is 1.49. The van der Waals surface area contributed by atoms with E-state index in [0.29, 0.717) is 11.0 Å². The van der Waals surface area contributed by atoms with Crippen LogP contribution >= 0.6 is 11.3 Å². The zero-order valence-electron chi connectivity index (χ0n) is 10.1. The van der Waals surface area contributed by atoms with E-state index in [9.17, 15) is 4.79 Å². The first-order valence-corrected chi connectivity index (χ1v) is 6.97. The molecule has 1 heterocycles. The molecule has 1 saturated carbocycles. The molecule has 2 amide bonds. The van der Waals surface area contributed by atoms with E-state index in [2.05, 4.69) is 22.5 Å². The Balaban J connectivity index is 1.65. The molecule has 94 valence electrons. The fraction of sp³-hybridized carbons (Fsp3) is 0.385. The molecule has 4 nitrogen and oxygen atoms in total. The smallest absolute Gasteiger partial charge is 0.321 e. The Morgan fingerprint density at radius 3 is 2.94 bits per heavy atom. The molecule has 18 heavy (non-hydrogen) atoms. The maximum absolute atomic E-state index is 11.8. The van der Waals surface area contributed by atoms with Crippen LogP contribution < -0.4 is 10.6 Å².